The minimum absolute atomic E-state index is 0.0234. The first-order chi connectivity index (χ1) is 15.3. The number of aromatic nitrogens is 4. The third kappa shape index (κ3) is 2.17. The van der Waals surface area contributed by atoms with Gasteiger partial charge in [-0.15, -0.1) is 0 Å². The highest BCUT2D eigenvalue weighted by molar-refractivity contribution is 6.22. The molecule has 0 spiro atoms. The Morgan fingerprint density at radius 3 is 2.22 bits per heavy atom. The molecule has 0 saturated carbocycles. The molecule has 0 amide bonds. The van der Waals surface area contributed by atoms with Crippen LogP contribution in [-0.2, 0) is 0 Å². The lowest BCUT2D eigenvalue weighted by Crippen LogP contribution is -2.29. The smallest absolute Gasteiger partial charge is 0.314 e. The number of phenolic OH excluding ortho intramolecular Hbond substituents is 2. The number of fused-ring (bicyclic) bond motifs is 8. The van der Waals surface area contributed by atoms with E-state index in [2.05, 4.69) is 20.2 Å². The van der Waals surface area contributed by atoms with E-state index in [1.54, 1.807) is 18.2 Å². The number of rotatable bonds is 0. The second-order valence-electron chi connectivity index (χ2n) is 7.53. The second-order valence-corrected chi connectivity index (χ2v) is 7.53. The van der Waals surface area contributed by atoms with E-state index in [1.807, 2.05) is 0 Å². The van der Waals surface area contributed by atoms with Gasteiger partial charge in [0.25, 0.3) is 0 Å². The van der Waals surface area contributed by atoms with Crippen molar-refractivity contribution >= 4 is 54.4 Å². The van der Waals surface area contributed by atoms with Gasteiger partial charge in [-0.05, 0) is 35.7 Å². The predicted molar refractivity (Wildman–Crippen MR) is 120 cm³/mol. The molecule has 0 aliphatic rings. The van der Waals surface area contributed by atoms with Crippen LogP contribution in [0, 0.1) is 0 Å². The van der Waals surface area contributed by atoms with E-state index in [4.69, 9.17) is 0 Å². The molecule has 10 heteroatoms. The van der Waals surface area contributed by atoms with Gasteiger partial charge in [0.05, 0.1) is 21.9 Å². The quantitative estimate of drug-likeness (QED) is 0.122. The van der Waals surface area contributed by atoms with E-state index >= 15 is 0 Å². The molecular formula is C22H12N4O6. The average Bonchev–Trinajstić information content (AvgIpc) is 2.76. The first kappa shape index (κ1) is 18.0. The lowest BCUT2D eigenvalue weighted by Gasteiger charge is -2.13. The van der Waals surface area contributed by atoms with Crippen molar-refractivity contribution in [1.82, 2.24) is 20.2 Å². The molecule has 0 radical (unpaired) electrons. The summed E-state index contributed by atoms with van der Waals surface area (Å²) < 4.78 is 0. The van der Waals surface area contributed by atoms with Crippen LogP contribution in [-0.4, -0.2) is 30.4 Å². The van der Waals surface area contributed by atoms with Crippen molar-refractivity contribution in [3.8, 4) is 11.5 Å². The van der Waals surface area contributed by atoms with Gasteiger partial charge in [-0.2, -0.15) is 0 Å². The summed E-state index contributed by atoms with van der Waals surface area (Å²) >= 11 is 0. The maximum Gasteiger partial charge on any atom is 0.314 e. The number of benzene rings is 4. The van der Waals surface area contributed by atoms with Crippen molar-refractivity contribution in [1.29, 1.82) is 0 Å². The zero-order valence-corrected chi connectivity index (χ0v) is 16.0. The Labute approximate surface area is 174 Å². The Bertz CT molecular complexity index is 2050. The maximum absolute atomic E-state index is 12.6. The number of aromatic amines is 4. The standard InChI is InChI=1S/C22H12N4O6/c27-12-4-1-7-5-13(28)15-10(14(7)19(12)29)6-9-8-2-3-11-18(24-22(32)21(31)23-11)16(8)25-26-17(9)20(15)30/h1-6,25-26,28,30H,(H,23,31)(H,24,32). The number of hydrogen-bond donors (Lipinski definition) is 6. The zero-order valence-electron chi connectivity index (χ0n) is 16.0. The Kier molecular flexibility index (Phi) is 3.28. The molecule has 2 aromatic heterocycles. The van der Waals surface area contributed by atoms with Gasteiger partial charge in [-0.1, -0.05) is 6.07 Å². The first-order valence-corrected chi connectivity index (χ1v) is 9.49. The van der Waals surface area contributed by atoms with Crippen molar-refractivity contribution in [3.05, 3.63) is 77.6 Å². The van der Waals surface area contributed by atoms with Gasteiger partial charge < -0.3 is 20.2 Å². The Morgan fingerprint density at radius 2 is 1.41 bits per heavy atom. The monoisotopic (exact) mass is 428 g/mol. The summed E-state index contributed by atoms with van der Waals surface area (Å²) in [5.41, 5.74) is -1.67. The van der Waals surface area contributed by atoms with Gasteiger partial charge in [-0.25, -0.2) is 0 Å². The molecule has 0 fully saturated rings. The van der Waals surface area contributed by atoms with Crippen LogP contribution in [0.15, 0.2) is 55.6 Å². The fourth-order valence-electron chi connectivity index (χ4n) is 4.33. The second kappa shape index (κ2) is 5.85. The molecule has 0 atom stereocenters. The molecule has 10 nitrogen and oxygen atoms in total. The average molecular weight is 428 g/mol. The van der Waals surface area contributed by atoms with Crippen LogP contribution < -0.4 is 22.0 Å². The van der Waals surface area contributed by atoms with E-state index in [1.165, 1.54) is 12.1 Å². The van der Waals surface area contributed by atoms with Crippen LogP contribution in [0.25, 0.3) is 54.4 Å². The highest BCUT2D eigenvalue weighted by atomic mass is 16.3. The lowest BCUT2D eigenvalue weighted by molar-refractivity contribution is 0.467. The summed E-state index contributed by atoms with van der Waals surface area (Å²) in [5.74, 6) is -0.570. The highest BCUT2D eigenvalue weighted by Gasteiger charge is 2.18. The normalized spacial score (nSPS) is 11.9. The van der Waals surface area contributed by atoms with Crippen LogP contribution in [0.4, 0.5) is 0 Å². The number of nitrogens with one attached hydrogen (secondary N) is 4. The van der Waals surface area contributed by atoms with Crippen LogP contribution in [0.1, 0.15) is 0 Å². The van der Waals surface area contributed by atoms with E-state index in [0.717, 1.165) is 6.07 Å². The van der Waals surface area contributed by atoms with Gasteiger partial charge in [0, 0.05) is 21.5 Å². The first-order valence-electron chi connectivity index (χ1n) is 9.49. The van der Waals surface area contributed by atoms with Gasteiger partial charge in [0.1, 0.15) is 11.3 Å². The number of phenols is 2. The van der Waals surface area contributed by atoms with Crippen molar-refractivity contribution < 1.29 is 10.2 Å². The number of aromatic hydroxyl groups is 2. The van der Waals surface area contributed by atoms with Gasteiger partial charge >= 0.3 is 11.1 Å². The summed E-state index contributed by atoms with van der Waals surface area (Å²) in [7, 11) is 0. The summed E-state index contributed by atoms with van der Waals surface area (Å²) in [6.45, 7) is 0. The Morgan fingerprint density at radius 1 is 0.656 bits per heavy atom. The third-order valence-electron chi connectivity index (χ3n) is 5.77. The maximum atomic E-state index is 12.6. The predicted octanol–water partition coefficient (Wildman–Crippen LogP) is 1.62. The van der Waals surface area contributed by atoms with E-state index in [0.29, 0.717) is 32.7 Å². The summed E-state index contributed by atoms with van der Waals surface area (Å²) in [6.07, 6.45) is 0. The molecule has 32 heavy (non-hydrogen) atoms. The SMILES string of the molecule is O=c1ccc2cc(O)c3c(O)c4[nH][nH]c5c(ccc6[nH]c(=O)c(=O)[nH]c65)c4cc3c2c1=O. The van der Waals surface area contributed by atoms with Gasteiger partial charge in [0.2, 0.25) is 10.9 Å². The van der Waals surface area contributed by atoms with Crippen molar-refractivity contribution in [3.63, 3.8) is 0 Å². The van der Waals surface area contributed by atoms with Crippen molar-refractivity contribution in [2.24, 2.45) is 0 Å². The fourth-order valence-corrected chi connectivity index (χ4v) is 4.33. The number of hydrogen-bond acceptors (Lipinski definition) is 6. The molecule has 6 rings (SSSR count). The third-order valence-corrected chi connectivity index (χ3v) is 5.77. The largest absolute Gasteiger partial charge is 0.507 e. The molecule has 0 saturated heterocycles. The molecule has 0 aliphatic carbocycles. The van der Waals surface area contributed by atoms with Crippen molar-refractivity contribution in [2.75, 3.05) is 0 Å². The highest BCUT2D eigenvalue weighted by Crippen LogP contribution is 2.42. The van der Waals surface area contributed by atoms with Crippen LogP contribution in [0.5, 0.6) is 11.5 Å². The minimum Gasteiger partial charge on any atom is -0.507 e. The molecule has 156 valence electrons. The van der Waals surface area contributed by atoms with Crippen LogP contribution in [0.3, 0.4) is 0 Å². The van der Waals surface area contributed by atoms with E-state index < -0.39 is 22.0 Å². The Balaban J connectivity index is 1.92. The molecule has 6 N–H and O–H groups in total. The molecule has 0 unspecified atom stereocenters. The molecular weight excluding hydrogens is 416 g/mol. The fraction of sp³-hybridized carbons (Fsp3) is 0. The van der Waals surface area contributed by atoms with Gasteiger partial charge in [-0.3, -0.25) is 29.4 Å². The molecule has 2 heterocycles. The van der Waals surface area contributed by atoms with Gasteiger partial charge in [0.15, 0.2) is 5.75 Å². The number of H-pyrrole nitrogens is 4. The molecule has 4 aromatic carbocycles. The van der Waals surface area contributed by atoms with E-state index in [9.17, 15) is 29.4 Å². The van der Waals surface area contributed by atoms with E-state index in [-0.39, 0.29) is 33.2 Å². The van der Waals surface area contributed by atoms with Crippen LogP contribution >= 0.6 is 0 Å². The van der Waals surface area contributed by atoms with Crippen molar-refractivity contribution in [2.45, 2.75) is 0 Å². The molecule has 6 aromatic rings. The minimum atomic E-state index is -0.824. The topological polar surface area (TPSA) is 172 Å². The summed E-state index contributed by atoms with van der Waals surface area (Å²) in [5, 5.41) is 28.9. The molecule has 0 aliphatic heterocycles. The summed E-state index contributed by atoms with van der Waals surface area (Å²) in [6, 6.07) is 8.76. The lowest BCUT2D eigenvalue weighted by atomic mass is 9.96. The van der Waals surface area contributed by atoms with Crippen LogP contribution in [0.2, 0.25) is 0 Å². The Hall–Kier alpha value is -4.86. The summed E-state index contributed by atoms with van der Waals surface area (Å²) in [4.78, 5) is 53.2. The molecule has 0 bridgehead atoms. The zero-order chi connectivity index (χ0) is 22.3.